The Hall–Kier alpha value is -4.40. The lowest BCUT2D eigenvalue weighted by Gasteiger charge is -2.25. The Labute approximate surface area is 226 Å². The van der Waals surface area contributed by atoms with Crippen LogP contribution in [-0.4, -0.2) is 48.6 Å². The van der Waals surface area contributed by atoms with Gasteiger partial charge in [0.1, 0.15) is 24.7 Å². The molecule has 1 unspecified atom stereocenters. The predicted molar refractivity (Wildman–Crippen MR) is 142 cm³/mol. The molecule has 1 fully saturated rings. The molecule has 0 bridgehead atoms. The number of hydrogen-bond acceptors (Lipinski definition) is 8. The summed E-state index contributed by atoms with van der Waals surface area (Å²) in [5.74, 6) is 1.15. The van der Waals surface area contributed by atoms with Gasteiger partial charge in [-0.2, -0.15) is 0 Å². The molecule has 1 aromatic heterocycles. The first-order valence-electron chi connectivity index (χ1n) is 12.9. The van der Waals surface area contributed by atoms with Crippen LogP contribution in [0, 0.1) is 5.92 Å². The van der Waals surface area contributed by atoms with Crippen LogP contribution in [0.5, 0.6) is 23.0 Å². The first-order chi connectivity index (χ1) is 18.9. The zero-order chi connectivity index (χ0) is 27.5. The van der Waals surface area contributed by atoms with E-state index in [9.17, 15) is 14.7 Å². The molecule has 39 heavy (non-hydrogen) atoms. The molecule has 0 radical (unpaired) electrons. The molecule has 1 saturated heterocycles. The Morgan fingerprint density at radius 3 is 2.56 bits per heavy atom. The number of rotatable bonds is 9. The van der Waals surface area contributed by atoms with E-state index in [0.29, 0.717) is 65.6 Å². The fourth-order valence-corrected chi connectivity index (χ4v) is 4.68. The second-order valence-corrected chi connectivity index (χ2v) is 9.81. The van der Waals surface area contributed by atoms with Gasteiger partial charge in [0.2, 0.25) is 0 Å². The molecule has 1 atom stereocenters. The van der Waals surface area contributed by atoms with Crippen LogP contribution < -0.4 is 18.9 Å². The van der Waals surface area contributed by atoms with Crippen LogP contribution in [0.4, 0.5) is 0 Å². The number of aliphatic hydroxyl groups is 1. The van der Waals surface area contributed by atoms with Crippen LogP contribution >= 0.6 is 0 Å². The van der Waals surface area contributed by atoms with Gasteiger partial charge in [-0.25, -0.2) is 0 Å². The molecular formula is C30H31NO8. The van der Waals surface area contributed by atoms with E-state index < -0.39 is 17.7 Å². The number of carbonyl (C=O) groups is 2. The third-order valence-corrected chi connectivity index (χ3v) is 6.72. The highest BCUT2D eigenvalue weighted by molar-refractivity contribution is 6.46. The number of nitrogens with zero attached hydrogens (tertiary/aromatic N) is 1. The smallest absolute Gasteiger partial charge is 0.296 e. The number of methoxy groups -OCH3 is 1. The number of ether oxygens (including phenoxy) is 4. The monoisotopic (exact) mass is 533 g/mol. The van der Waals surface area contributed by atoms with Gasteiger partial charge in [-0.3, -0.25) is 9.59 Å². The fourth-order valence-electron chi connectivity index (χ4n) is 4.68. The summed E-state index contributed by atoms with van der Waals surface area (Å²) in [4.78, 5) is 28.1. The van der Waals surface area contributed by atoms with E-state index in [2.05, 4.69) is 13.8 Å². The summed E-state index contributed by atoms with van der Waals surface area (Å²) in [6.45, 7) is 5.59. The van der Waals surface area contributed by atoms with Crippen molar-refractivity contribution in [3.8, 4) is 23.0 Å². The van der Waals surface area contributed by atoms with E-state index in [-0.39, 0.29) is 17.9 Å². The first-order valence-corrected chi connectivity index (χ1v) is 12.9. The van der Waals surface area contributed by atoms with Gasteiger partial charge in [-0.05, 0) is 60.4 Å². The number of fused-ring (bicyclic) bond motifs is 1. The summed E-state index contributed by atoms with van der Waals surface area (Å²) in [7, 11) is 1.53. The maximum absolute atomic E-state index is 13.4. The summed E-state index contributed by atoms with van der Waals surface area (Å²) < 4.78 is 28.2. The van der Waals surface area contributed by atoms with Gasteiger partial charge in [0, 0.05) is 5.56 Å². The van der Waals surface area contributed by atoms with E-state index >= 15 is 0 Å². The predicted octanol–water partition coefficient (Wildman–Crippen LogP) is 5.11. The zero-order valence-electron chi connectivity index (χ0n) is 22.1. The van der Waals surface area contributed by atoms with Crippen molar-refractivity contribution in [2.45, 2.75) is 32.9 Å². The van der Waals surface area contributed by atoms with Gasteiger partial charge in [-0.1, -0.05) is 19.9 Å². The summed E-state index contributed by atoms with van der Waals surface area (Å²) >= 11 is 0. The van der Waals surface area contributed by atoms with Crippen molar-refractivity contribution in [2.75, 3.05) is 26.9 Å². The lowest BCUT2D eigenvalue weighted by atomic mass is 9.94. The molecule has 3 heterocycles. The SMILES string of the molecule is COc1cc(C2/C(=C(/O)c3ccc4c(c3)OCCO4)C(=O)C(=O)N2Cc2ccco2)ccc1OCCC(C)C. The van der Waals surface area contributed by atoms with E-state index in [1.54, 1.807) is 48.5 Å². The number of hydrogen-bond donors (Lipinski definition) is 1. The molecule has 3 aromatic rings. The maximum Gasteiger partial charge on any atom is 0.296 e. The van der Waals surface area contributed by atoms with Gasteiger partial charge in [0.05, 0.1) is 38.1 Å². The number of likely N-dealkylation sites (tertiary alicyclic amines) is 1. The van der Waals surface area contributed by atoms with Crippen LogP contribution in [0.25, 0.3) is 5.76 Å². The fraction of sp³-hybridized carbons (Fsp3) is 0.333. The van der Waals surface area contributed by atoms with E-state index in [4.69, 9.17) is 23.4 Å². The Bertz CT molecular complexity index is 1390. The molecule has 2 aliphatic heterocycles. The Kier molecular flexibility index (Phi) is 7.49. The van der Waals surface area contributed by atoms with Crippen molar-refractivity contribution < 1.29 is 38.1 Å². The van der Waals surface area contributed by atoms with Crippen LogP contribution in [0.3, 0.4) is 0 Å². The average molecular weight is 534 g/mol. The molecule has 2 aliphatic rings. The van der Waals surface area contributed by atoms with Crippen LogP contribution in [0.2, 0.25) is 0 Å². The highest BCUT2D eigenvalue weighted by atomic mass is 16.6. The minimum atomic E-state index is -0.901. The average Bonchev–Trinajstić information content (AvgIpc) is 3.55. The van der Waals surface area contributed by atoms with E-state index in [1.165, 1.54) is 18.3 Å². The second kappa shape index (κ2) is 11.1. The van der Waals surface area contributed by atoms with Crippen molar-refractivity contribution in [1.29, 1.82) is 0 Å². The Balaban J connectivity index is 1.58. The zero-order valence-corrected chi connectivity index (χ0v) is 22.1. The minimum absolute atomic E-state index is 0.0368. The second-order valence-electron chi connectivity index (χ2n) is 9.81. The van der Waals surface area contributed by atoms with Gasteiger partial charge in [0.25, 0.3) is 11.7 Å². The van der Waals surface area contributed by atoms with Crippen LogP contribution in [0.1, 0.15) is 43.2 Å². The number of furan rings is 1. The molecule has 204 valence electrons. The molecule has 0 spiro atoms. The summed E-state index contributed by atoms with van der Waals surface area (Å²) in [5, 5.41) is 11.4. The normalized spacial score (nSPS) is 18.1. The topological polar surface area (TPSA) is 108 Å². The van der Waals surface area contributed by atoms with Crippen molar-refractivity contribution in [1.82, 2.24) is 4.90 Å². The molecule has 0 saturated carbocycles. The van der Waals surface area contributed by atoms with Gasteiger partial charge >= 0.3 is 0 Å². The van der Waals surface area contributed by atoms with Gasteiger partial charge in [-0.15, -0.1) is 0 Å². The van der Waals surface area contributed by atoms with Crippen LogP contribution in [0.15, 0.2) is 64.8 Å². The Morgan fingerprint density at radius 2 is 1.85 bits per heavy atom. The van der Waals surface area contributed by atoms with Gasteiger partial charge in [0.15, 0.2) is 23.0 Å². The van der Waals surface area contributed by atoms with Crippen molar-refractivity contribution >= 4 is 17.4 Å². The molecular weight excluding hydrogens is 502 g/mol. The standard InChI is InChI=1S/C30H31NO8/c1-18(2)10-12-37-22-8-6-19(15-24(22)35-3)27-26(29(33)30(34)31(27)17-21-5-4-11-36-21)28(32)20-7-9-23-25(16-20)39-14-13-38-23/h4-9,11,15-16,18,27,32H,10,12-14,17H2,1-3H3/b28-26-. The lowest BCUT2D eigenvalue weighted by molar-refractivity contribution is -0.140. The third kappa shape index (κ3) is 5.30. The van der Waals surface area contributed by atoms with Crippen molar-refractivity contribution in [3.05, 3.63) is 77.3 Å². The quantitative estimate of drug-likeness (QED) is 0.230. The number of aliphatic hydroxyl groups excluding tert-OH is 1. The van der Waals surface area contributed by atoms with E-state index in [0.717, 1.165) is 6.42 Å². The summed E-state index contributed by atoms with van der Waals surface area (Å²) in [6, 6.07) is 12.7. The number of carbonyl (C=O) groups excluding carboxylic acids is 2. The van der Waals surface area contributed by atoms with Crippen molar-refractivity contribution in [2.24, 2.45) is 5.92 Å². The molecule has 9 nitrogen and oxygen atoms in total. The molecule has 1 amide bonds. The first kappa shape index (κ1) is 26.2. The molecule has 9 heteroatoms. The molecule has 5 rings (SSSR count). The number of ketones is 1. The highest BCUT2D eigenvalue weighted by Crippen LogP contribution is 2.43. The largest absolute Gasteiger partial charge is 0.507 e. The molecule has 1 N–H and O–H groups in total. The summed E-state index contributed by atoms with van der Waals surface area (Å²) in [5.41, 5.74) is 0.868. The number of amides is 1. The highest BCUT2D eigenvalue weighted by Gasteiger charge is 2.46. The van der Waals surface area contributed by atoms with Crippen molar-refractivity contribution in [3.63, 3.8) is 0 Å². The maximum atomic E-state index is 13.4. The number of benzene rings is 2. The van der Waals surface area contributed by atoms with E-state index in [1.807, 2.05) is 0 Å². The third-order valence-electron chi connectivity index (χ3n) is 6.72. The molecule has 2 aromatic carbocycles. The molecule has 0 aliphatic carbocycles. The van der Waals surface area contributed by atoms with Gasteiger partial charge < -0.3 is 33.4 Å². The van der Waals surface area contributed by atoms with Crippen LogP contribution in [-0.2, 0) is 16.1 Å². The summed E-state index contributed by atoms with van der Waals surface area (Å²) in [6.07, 6.45) is 2.38. The minimum Gasteiger partial charge on any atom is -0.507 e. The lowest BCUT2D eigenvalue weighted by Crippen LogP contribution is -2.29. The number of Topliss-reactive ketones (excluding diaryl/α,β-unsaturated/α-hetero) is 1. The Morgan fingerprint density at radius 1 is 1.05 bits per heavy atom.